The average molecular weight is 553 g/mol. The van der Waals surface area contributed by atoms with E-state index < -0.39 is 5.54 Å². The molecule has 1 unspecified atom stereocenters. The molecule has 190 valence electrons. The van der Waals surface area contributed by atoms with Gasteiger partial charge in [0.2, 0.25) is 0 Å². The second kappa shape index (κ2) is 9.28. The molecule has 7 heteroatoms. The maximum Gasteiger partial charge on any atom is 0.164 e. The normalized spacial score (nSPS) is 24.0. The molecule has 1 aromatic heterocycles. The van der Waals surface area contributed by atoms with Crippen LogP contribution >= 0.6 is 15.9 Å². The lowest BCUT2D eigenvalue weighted by Gasteiger charge is -2.54. The zero-order valence-corrected chi connectivity index (χ0v) is 22.4. The number of carbonyl (C=O) groups is 1. The number of methoxy groups -OCH3 is 1. The summed E-state index contributed by atoms with van der Waals surface area (Å²) in [4.78, 5) is 20.4. The molecule has 3 N–H and O–H groups in total. The Morgan fingerprint density at radius 1 is 1.19 bits per heavy atom. The molecule has 0 radical (unpaired) electrons. The summed E-state index contributed by atoms with van der Waals surface area (Å²) in [6.07, 6.45) is 4.87. The third-order valence-electron chi connectivity index (χ3n) is 8.98. The second-order valence-corrected chi connectivity index (χ2v) is 11.6. The van der Waals surface area contributed by atoms with Gasteiger partial charge in [-0.3, -0.25) is 9.69 Å². The summed E-state index contributed by atoms with van der Waals surface area (Å²) < 4.78 is 6.56. The molecule has 1 aliphatic carbocycles. The highest BCUT2D eigenvalue weighted by Gasteiger charge is 2.58. The summed E-state index contributed by atoms with van der Waals surface area (Å²) in [5.74, 6) is 0.937. The summed E-state index contributed by atoms with van der Waals surface area (Å²) in [5, 5.41) is 15.9. The van der Waals surface area contributed by atoms with Gasteiger partial charge in [0.15, 0.2) is 5.78 Å². The molecule has 0 amide bonds. The first-order valence-corrected chi connectivity index (χ1v) is 13.9. The van der Waals surface area contributed by atoms with Crippen LogP contribution in [-0.4, -0.2) is 54.1 Å². The number of aliphatic hydroxyl groups is 1. The first-order valence-electron chi connectivity index (χ1n) is 13.1. The van der Waals surface area contributed by atoms with Crippen molar-refractivity contribution in [1.29, 1.82) is 0 Å². The Kier molecular flexibility index (Phi) is 6.23. The van der Waals surface area contributed by atoms with Gasteiger partial charge in [-0.2, -0.15) is 0 Å². The summed E-state index contributed by atoms with van der Waals surface area (Å²) in [6.45, 7) is 2.97. The van der Waals surface area contributed by atoms with E-state index in [9.17, 15) is 9.90 Å². The number of benzene rings is 2. The molecule has 3 heterocycles. The van der Waals surface area contributed by atoms with Crippen LogP contribution in [0.4, 0.5) is 0 Å². The van der Waals surface area contributed by atoms with Gasteiger partial charge in [-0.15, -0.1) is 0 Å². The predicted molar refractivity (Wildman–Crippen MR) is 144 cm³/mol. The Balaban J connectivity index is 1.60. The number of fused-ring (bicyclic) bond motifs is 4. The van der Waals surface area contributed by atoms with Crippen LogP contribution in [0, 0.1) is 5.92 Å². The Morgan fingerprint density at radius 3 is 2.64 bits per heavy atom. The number of nitrogens with zero attached hydrogens (tertiary/aromatic N) is 1. The molecule has 3 aromatic rings. The zero-order chi connectivity index (χ0) is 24.9. The molecule has 1 saturated heterocycles. The molecule has 2 aromatic carbocycles. The van der Waals surface area contributed by atoms with Crippen molar-refractivity contribution in [2.45, 2.75) is 49.6 Å². The fourth-order valence-electron chi connectivity index (χ4n) is 6.78. The molecule has 1 spiro atoms. The Hall–Kier alpha value is -2.19. The summed E-state index contributed by atoms with van der Waals surface area (Å²) in [5.41, 5.74) is 3.02. The first-order chi connectivity index (χ1) is 17.5. The number of aromatic nitrogens is 1. The van der Waals surface area contributed by atoms with Gasteiger partial charge < -0.3 is 20.1 Å². The van der Waals surface area contributed by atoms with Gasteiger partial charge >= 0.3 is 0 Å². The second-order valence-electron chi connectivity index (χ2n) is 10.8. The number of hydrogen-bond acceptors (Lipinski definition) is 5. The van der Waals surface area contributed by atoms with Crippen molar-refractivity contribution in [2.24, 2.45) is 5.92 Å². The molecule has 1 atom stereocenters. The van der Waals surface area contributed by atoms with E-state index in [2.05, 4.69) is 49.3 Å². The number of ether oxygens (including phenoxy) is 1. The average Bonchev–Trinajstić information content (AvgIpc) is 3.25. The molecule has 6 nitrogen and oxygen atoms in total. The van der Waals surface area contributed by atoms with E-state index in [4.69, 9.17) is 4.74 Å². The highest BCUT2D eigenvalue weighted by Crippen LogP contribution is 2.53. The number of halogens is 1. The molecular formula is C29H34BrN3O3. The van der Waals surface area contributed by atoms with Crippen molar-refractivity contribution in [2.75, 3.05) is 33.4 Å². The van der Waals surface area contributed by atoms with Crippen molar-refractivity contribution in [1.82, 2.24) is 15.2 Å². The van der Waals surface area contributed by atoms with Gasteiger partial charge in [-0.25, -0.2) is 0 Å². The lowest BCUT2D eigenvalue weighted by atomic mass is 9.63. The molecule has 3 aliphatic rings. The number of ketones is 1. The highest BCUT2D eigenvalue weighted by molar-refractivity contribution is 9.10. The quantitative estimate of drug-likeness (QED) is 0.416. The smallest absolute Gasteiger partial charge is 0.164 e. The highest BCUT2D eigenvalue weighted by atomic mass is 79.9. The number of rotatable bonds is 6. The van der Waals surface area contributed by atoms with Crippen LogP contribution in [0.25, 0.3) is 10.9 Å². The van der Waals surface area contributed by atoms with E-state index in [1.54, 1.807) is 7.11 Å². The maximum atomic E-state index is 14.4. The summed E-state index contributed by atoms with van der Waals surface area (Å²) >= 11 is 3.73. The van der Waals surface area contributed by atoms with E-state index in [0.29, 0.717) is 6.54 Å². The van der Waals surface area contributed by atoms with Crippen molar-refractivity contribution in [3.8, 4) is 5.75 Å². The van der Waals surface area contributed by atoms with Gasteiger partial charge in [-0.05, 0) is 68.1 Å². The van der Waals surface area contributed by atoms with Crippen LogP contribution in [0.1, 0.15) is 48.9 Å². The van der Waals surface area contributed by atoms with E-state index in [-0.39, 0.29) is 23.7 Å². The fourth-order valence-corrected chi connectivity index (χ4v) is 7.19. The topological polar surface area (TPSA) is 77.6 Å². The number of nitrogens with one attached hydrogen (secondary N) is 2. The van der Waals surface area contributed by atoms with Gasteiger partial charge in [0.05, 0.1) is 19.4 Å². The van der Waals surface area contributed by atoms with Crippen molar-refractivity contribution < 1.29 is 14.6 Å². The number of aromatic amines is 1. The van der Waals surface area contributed by atoms with Gasteiger partial charge in [0.1, 0.15) is 11.3 Å². The fraction of sp³-hybridized carbons (Fsp3) is 0.483. The molecular weight excluding hydrogens is 518 g/mol. The third-order valence-corrected chi connectivity index (χ3v) is 9.75. The standard InChI is InChI=1S/C29H34BrN3O3/c1-36-21-9-10-22-24(15-21)32-26-25(22)28(11-13-31-14-12-28)17-33(16-20-5-2-3-8-23(20)30)29(26,18-34)27(35)19-6-4-7-19/h2-3,5,8-10,15,19,31-32,34H,4,6-7,11-14,16-18H2,1H3. The van der Waals surface area contributed by atoms with Crippen molar-refractivity contribution in [3.05, 3.63) is 63.8 Å². The third kappa shape index (κ3) is 3.58. The van der Waals surface area contributed by atoms with Gasteiger partial charge in [0.25, 0.3) is 0 Å². The van der Waals surface area contributed by atoms with E-state index in [1.165, 1.54) is 5.56 Å². The van der Waals surface area contributed by atoms with Crippen LogP contribution in [0.3, 0.4) is 0 Å². The molecule has 6 rings (SSSR count). The molecule has 2 aliphatic heterocycles. The van der Waals surface area contributed by atoms with Gasteiger partial charge in [-0.1, -0.05) is 40.5 Å². The monoisotopic (exact) mass is 551 g/mol. The number of hydrogen-bond donors (Lipinski definition) is 3. The largest absolute Gasteiger partial charge is 0.497 e. The maximum absolute atomic E-state index is 14.4. The lowest BCUT2D eigenvalue weighted by molar-refractivity contribution is -0.146. The van der Waals surface area contributed by atoms with Gasteiger partial charge in [0, 0.05) is 45.9 Å². The Labute approximate surface area is 220 Å². The number of Topliss-reactive ketones (excluding diaryl/α,β-unsaturated/α-hetero) is 1. The molecule has 0 bridgehead atoms. The van der Waals surface area contributed by atoms with Crippen molar-refractivity contribution in [3.63, 3.8) is 0 Å². The van der Waals surface area contributed by atoms with E-state index in [0.717, 1.165) is 84.1 Å². The number of carbonyl (C=O) groups excluding carboxylic acids is 1. The minimum absolute atomic E-state index is 0.00488. The molecule has 1 saturated carbocycles. The van der Waals surface area contributed by atoms with Crippen molar-refractivity contribution >= 4 is 32.6 Å². The lowest BCUT2D eigenvalue weighted by Crippen LogP contribution is -2.65. The SMILES string of the molecule is COc1ccc2c3c([nH]c2c1)C(CO)(C(=O)C1CCC1)N(Cc1ccccc1Br)CC31CCNCC1. The number of aliphatic hydroxyl groups excluding tert-OH is 1. The van der Waals surface area contributed by atoms with Crippen LogP contribution in [-0.2, 0) is 22.3 Å². The number of piperidine rings is 1. The summed E-state index contributed by atoms with van der Waals surface area (Å²) in [7, 11) is 1.68. The first kappa shape index (κ1) is 24.2. The molecule has 2 fully saturated rings. The summed E-state index contributed by atoms with van der Waals surface area (Å²) in [6, 6.07) is 14.4. The Bertz CT molecular complexity index is 1290. The Morgan fingerprint density at radius 2 is 1.97 bits per heavy atom. The number of H-pyrrole nitrogens is 1. The van der Waals surface area contributed by atoms with Crippen LogP contribution in [0.5, 0.6) is 5.75 Å². The zero-order valence-electron chi connectivity index (χ0n) is 20.8. The van der Waals surface area contributed by atoms with Crippen LogP contribution in [0.15, 0.2) is 46.9 Å². The minimum Gasteiger partial charge on any atom is -0.497 e. The molecule has 36 heavy (non-hydrogen) atoms. The van der Waals surface area contributed by atoms with Crippen LogP contribution < -0.4 is 10.1 Å². The van der Waals surface area contributed by atoms with E-state index >= 15 is 0 Å². The predicted octanol–water partition coefficient (Wildman–Crippen LogP) is 4.63. The van der Waals surface area contributed by atoms with E-state index in [1.807, 2.05) is 24.3 Å². The van der Waals surface area contributed by atoms with Crippen LogP contribution in [0.2, 0.25) is 0 Å². The minimum atomic E-state index is -1.10.